The lowest BCUT2D eigenvalue weighted by molar-refractivity contribution is -0.138. The molecule has 0 fully saturated rings. The third-order valence-electron chi connectivity index (χ3n) is 2.92. The summed E-state index contributed by atoms with van der Waals surface area (Å²) < 4.78 is 0. The molecule has 2 nitrogen and oxygen atoms in total. The molecule has 2 rings (SSSR count). The molecule has 19 heavy (non-hydrogen) atoms. The predicted octanol–water partition coefficient (Wildman–Crippen LogP) is 4.40. The van der Waals surface area contributed by atoms with Crippen LogP contribution in [0.25, 0.3) is 0 Å². The molecule has 1 atom stereocenters. The van der Waals surface area contributed by atoms with E-state index in [1.807, 2.05) is 30.3 Å². The third kappa shape index (κ3) is 3.49. The van der Waals surface area contributed by atoms with E-state index in [0.29, 0.717) is 16.5 Å². The molecule has 0 aliphatic carbocycles. The monoisotopic (exact) mass is 294 g/mol. The lowest BCUT2D eigenvalue weighted by Gasteiger charge is -2.13. The van der Waals surface area contributed by atoms with Crippen LogP contribution in [0.2, 0.25) is 10.0 Å². The maximum absolute atomic E-state index is 11.4. The van der Waals surface area contributed by atoms with Crippen molar-refractivity contribution in [2.45, 2.75) is 12.3 Å². The molecule has 1 N–H and O–H groups in total. The van der Waals surface area contributed by atoms with Crippen LogP contribution < -0.4 is 0 Å². The van der Waals surface area contributed by atoms with Crippen LogP contribution >= 0.6 is 23.2 Å². The zero-order chi connectivity index (χ0) is 13.8. The molecule has 4 heteroatoms. The van der Waals surface area contributed by atoms with Gasteiger partial charge in [-0.1, -0.05) is 59.6 Å². The van der Waals surface area contributed by atoms with Crippen LogP contribution in [-0.2, 0) is 11.2 Å². The van der Waals surface area contributed by atoms with Crippen LogP contribution in [0.1, 0.15) is 17.0 Å². The highest BCUT2D eigenvalue weighted by atomic mass is 35.5. The van der Waals surface area contributed by atoms with Crippen molar-refractivity contribution in [2.75, 3.05) is 0 Å². The Hall–Kier alpha value is -1.51. The first-order chi connectivity index (χ1) is 9.08. The summed E-state index contributed by atoms with van der Waals surface area (Å²) >= 11 is 11.8. The number of carbonyl (C=O) groups is 1. The van der Waals surface area contributed by atoms with Crippen LogP contribution in [0.4, 0.5) is 0 Å². The van der Waals surface area contributed by atoms with Gasteiger partial charge in [0, 0.05) is 0 Å². The Labute approximate surface area is 121 Å². The molecule has 0 heterocycles. The fourth-order valence-electron chi connectivity index (χ4n) is 1.94. The molecule has 0 saturated heterocycles. The van der Waals surface area contributed by atoms with E-state index < -0.39 is 11.9 Å². The van der Waals surface area contributed by atoms with Crippen LogP contribution in [0.3, 0.4) is 0 Å². The molecule has 0 aliphatic heterocycles. The first-order valence-electron chi connectivity index (χ1n) is 5.79. The Morgan fingerprint density at radius 1 is 1.05 bits per heavy atom. The van der Waals surface area contributed by atoms with Crippen LogP contribution in [0, 0.1) is 0 Å². The number of halogens is 2. The quantitative estimate of drug-likeness (QED) is 0.907. The molecule has 98 valence electrons. The smallest absolute Gasteiger partial charge is 0.311 e. The van der Waals surface area contributed by atoms with Crippen molar-refractivity contribution in [3.63, 3.8) is 0 Å². The van der Waals surface area contributed by atoms with E-state index in [1.165, 1.54) is 0 Å². The van der Waals surface area contributed by atoms with Gasteiger partial charge in [-0.05, 0) is 29.7 Å². The largest absolute Gasteiger partial charge is 0.481 e. The minimum absolute atomic E-state index is 0.385. The van der Waals surface area contributed by atoms with E-state index in [-0.39, 0.29) is 0 Å². The second-order valence-corrected chi connectivity index (χ2v) is 5.07. The minimum Gasteiger partial charge on any atom is -0.481 e. The molecule has 0 aliphatic rings. The molecule has 0 saturated carbocycles. The fraction of sp³-hybridized carbons (Fsp3) is 0.133. The van der Waals surface area contributed by atoms with Gasteiger partial charge >= 0.3 is 5.97 Å². The van der Waals surface area contributed by atoms with Gasteiger partial charge in [-0.25, -0.2) is 0 Å². The number of carboxylic acids is 1. The number of rotatable bonds is 4. The Kier molecular flexibility index (Phi) is 4.46. The Morgan fingerprint density at radius 2 is 1.74 bits per heavy atom. The summed E-state index contributed by atoms with van der Waals surface area (Å²) in [6, 6.07) is 14.4. The van der Waals surface area contributed by atoms with Crippen molar-refractivity contribution in [1.29, 1.82) is 0 Å². The van der Waals surface area contributed by atoms with Gasteiger partial charge in [0.15, 0.2) is 0 Å². The number of carboxylic acid groups (broad SMARTS) is 1. The van der Waals surface area contributed by atoms with Gasteiger partial charge in [0.1, 0.15) is 0 Å². The van der Waals surface area contributed by atoms with E-state index in [4.69, 9.17) is 23.2 Å². The van der Waals surface area contributed by atoms with E-state index in [2.05, 4.69) is 0 Å². The third-order valence-corrected chi connectivity index (χ3v) is 3.66. The number of hydrogen-bond donors (Lipinski definition) is 1. The van der Waals surface area contributed by atoms with Crippen molar-refractivity contribution in [3.05, 3.63) is 69.7 Å². The molecule has 0 radical (unpaired) electrons. The van der Waals surface area contributed by atoms with Gasteiger partial charge in [-0.2, -0.15) is 0 Å². The predicted molar refractivity (Wildman–Crippen MR) is 77.0 cm³/mol. The van der Waals surface area contributed by atoms with Gasteiger partial charge in [0.2, 0.25) is 0 Å². The first kappa shape index (κ1) is 13.9. The zero-order valence-corrected chi connectivity index (χ0v) is 11.5. The lowest BCUT2D eigenvalue weighted by atomic mass is 9.92. The van der Waals surface area contributed by atoms with E-state index in [0.717, 1.165) is 11.1 Å². The van der Waals surface area contributed by atoms with E-state index in [1.54, 1.807) is 18.2 Å². The SMILES string of the molecule is O=C(O)C(Cc1ccc(Cl)c(Cl)c1)c1ccccc1. The maximum atomic E-state index is 11.4. The molecule has 0 spiro atoms. The summed E-state index contributed by atoms with van der Waals surface area (Å²) in [5.41, 5.74) is 1.63. The average molecular weight is 295 g/mol. The van der Waals surface area contributed by atoms with Gasteiger partial charge in [-0.3, -0.25) is 4.79 Å². The summed E-state index contributed by atoms with van der Waals surface area (Å²) in [4.78, 5) is 11.4. The van der Waals surface area contributed by atoms with Crippen LogP contribution in [0.5, 0.6) is 0 Å². The second-order valence-electron chi connectivity index (χ2n) is 4.25. The van der Waals surface area contributed by atoms with Crippen molar-refractivity contribution in [3.8, 4) is 0 Å². The van der Waals surface area contributed by atoms with Crippen LogP contribution in [-0.4, -0.2) is 11.1 Å². The highest BCUT2D eigenvalue weighted by Crippen LogP contribution is 2.26. The summed E-state index contributed by atoms with van der Waals surface area (Å²) in [5.74, 6) is -1.43. The Morgan fingerprint density at radius 3 is 2.32 bits per heavy atom. The highest BCUT2D eigenvalue weighted by Gasteiger charge is 2.20. The molecule has 0 bridgehead atoms. The van der Waals surface area contributed by atoms with Crippen molar-refractivity contribution in [2.24, 2.45) is 0 Å². The average Bonchev–Trinajstić information content (AvgIpc) is 2.40. The highest BCUT2D eigenvalue weighted by molar-refractivity contribution is 6.42. The molecule has 2 aromatic carbocycles. The molecule has 1 unspecified atom stereocenters. The fourth-order valence-corrected chi connectivity index (χ4v) is 2.26. The van der Waals surface area contributed by atoms with Gasteiger partial charge in [0.05, 0.1) is 16.0 Å². The molecular weight excluding hydrogens is 283 g/mol. The molecule has 2 aromatic rings. The van der Waals surface area contributed by atoms with Gasteiger partial charge in [-0.15, -0.1) is 0 Å². The van der Waals surface area contributed by atoms with Gasteiger partial charge in [0.25, 0.3) is 0 Å². The topological polar surface area (TPSA) is 37.3 Å². The van der Waals surface area contributed by atoms with Gasteiger partial charge < -0.3 is 5.11 Å². The van der Waals surface area contributed by atoms with Crippen molar-refractivity contribution >= 4 is 29.2 Å². The standard InChI is InChI=1S/C15H12Cl2O2/c16-13-7-6-10(9-14(13)17)8-12(15(18)19)11-4-2-1-3-5-11/h1-7,9,12H,8H2,(H,18,19). The zero-order valence-electron chi connectivity index (χ0n) is 10.0. The summed E-state index contributed by atoms with van der Waals surface area (Å²) in [7, 11) is 0. The number of benzene rings is 2. The normalized spacial score (nSPS) is 12.1. The molecular formula is C15H12Cl2O2. The second kappa shape index (κ2) is 6.09. The molecule has 0 amide bonds. The van der Waals surface area contributed by atoms with Crippen LogP contribution in [0.15, 0.2) is 48.5 Å². The van der Waals surface area contributed by atoms with E-state index in [9.17, 15) is 9.90 Å². The lowest BCUT2D eigenvalue weighted by Crippen LogP contribution is -2.14. The molecule has 0 aromatic heterocycles. The van der Waals surface area contributed by atoms with E-state index >= 15 is 0 Å². The summed E-state index contributed by atoms with van der Waals surface area (Å²) in [6.07, 6.45) is 0.385. The van der Waals surface area contributed by atoms with Crippen molar-refractivity contribution in [1.82, 2.24) is 0 Å². The Balaban J connectivity index is 2.27. The number of aliphatic carboxylic acids is 1. The summed E-state index contributed by atoms with van der Waals surface area (Å²) in [5, 5.41) is 10.3. The first-order valence-corrected chi connectivity index (χ1v) is 6.55. The Bertz CT molecular complexity index is 582. The number of hydrogen-bond acceptors (Lipinski definition) is 1. The summed E-state index contributed by atoms with van der Waals surface area (Å²) in [6.45, 7) is 0. The van der Waals surface area contributed by atoms with Crippen molar-refractivity contribution < 1.29 is 9.90 Å². The maximum Gasteiger partial charge on any atom is 0.311 e. The minimum atomic E-state index is -0.850.